The van der Waals surface area contributed by atoms with E-state index in [4.69, 9.17) is 10.5 Å². The molecule has 1 aliphatic carbocycles. The van der Waals surface area contributed by atoms with Gasteiger partial charge in [0.1, 0.15) is 12.4 Å². The average molecular weight is 235 g/mol. The second kappa shape index (κ2) is 5.61. The number of rotatable bonds is 3. The summed E-state index contributed by atoms with van der Waals surface area (Å²) >= 11 is 0. The van der Waals surface area contributed by atoms with Crippen LogP contribution in [0.4, 0.5) is 5.82 Å². The number of nitrogens with zero attached hydrogens (tertiary/aromatic N) is 2. The van der Waals surface area contributed by atoms with E-state index in [0.29, 0.717) is 11.5 Å². The lowest BCUT2D eigenvalue weighted by molar-refractivity contribution is -0.151. The minimum atomic E-state index is -0.117. The van der Waals surface area contributed by atoms with E-state index < -0.39 is 0 Å². The van der Waals surface area contributed by atoms with Gasteiger partial charge >= 0.3 is 5.97 Å². The molecule has 1 aromatic rings. The van der Waals surface area contributed by atoms with Crippen molar-refractivity contribution in [3.8, 4) is 0 Å². The number of esters is 1. The van der Waals surface area contributed by atoms with Crippen molar-refractivity contribution in [3.05, 3.63) is 18.1 Å². The fourth-order valence-electron chi connectivity index (χ4n) is 2.09. The minimum absolute atomic E-state index is 0.0674. The number of nitrogens with two attached hydrogens (primary N) is 1. The standard InChI is InChI=1S/C12H17N3O2/c13-11-7-14-6-10(15-11)8-17-12(16)9-4-2-1-3-5-9/h6-7,9H,1-5,8H2,(H2,13,15). The van der Waals surface area contributed by atoms with Gasteiger partial charge in [0.15, 0.2) is 0 Å². The summed E-state index contributed by atoms with van der Waals surface area (Å²) in [5, 5.41) is 0. The number of carbonyl (C=O) groups excluding carboxylic acids is 1. The molecule has 2 N–H and O–H groups in total. The van der Waals surface area contributed by atoms with Crippen molar-refractivity contribution in [1.29, 1.82) is 0 Å². The van der Waals surface area contributed by atoms with Crippen LogP contribution >= 0.6 is 0 Å². The Morgan fingerprint density at radius 1 is 1.35 bits per heavy atom. The molecule has 0 amide bonds. The van der Waals surface area contributed by atoms with E-state index in [-0.39, 0.29) is 18.5 Å². The fraction of sp³-hybridized carbons (Fsp3) is 0.583. The van der Waals surface area contributed by atoms with E-state index in [9.17, 15) is 4.79 Å². The zero-order valence-electron chi connectivity index (χ0n) is 9.76. The molecule has 0 unspecified atom stereocenters. The number of ether oxygens (including phenoxy) is 1. The Hall–Kier alpha value is -1.65. The molecule has 5 nitrogen and oxygen atoms in total. The van der Waals surface area contributed by atoms with Gasteiger partial charge in [0, 0.05) is 0 Å². The first-order chi connectivity index (χ1) is 8.25. The lowest BCUT2D eigenvalue weighted by Gasteiger charge is -2.19. The molecule has 1 aromatic heterocycles. The summed E-state index contributed by atoms with van der Waals surface area (Å²) in [7, 11) is 0. The van der Waals surface area contributed by atoms with Crippen molar-refractivity contribution in [2.24, 2.45) is 5.92 Å². The monoisotopic (exact) mass is 235 g/mol. The molecule has 0 aliphatic heterocycles. The van der Waals surface area contributed by atoms with Crippen molar-refractivity contribution in [2.45, 2.75) is 38.7 Å². The molecular formula is C12H17N3O2. The largest absolute Gasteiger partial charge is 0.459 e. The number of nitrogen functional groups attached to an aromatic ring is 1. The van der Waals surface area contributed by atoms with Gasteiger partial charge in [-0.05, 0) is 12.8 Å². The maximum atomic E-state index is 11.8. The van der Waals surface area contributed by atoms with Crippen LogP contribution in [0.2, 0.25) is 0 Å². The van der Waals surface area contributed by atoms with Crippen LogP contribution in [0.3, 0.4) is 0 Å². The first-order valence-electron chi connectivity index (χ1n) is 5.99. The lowest BCUT2D eigenvalue weighted by Crippen LogP contribution is -2.20. The summed E-state index contributed by atoms with van der Waals surface area (Å²) in [5.74, 6) is 0.294. The molecule has 1 saturated carbocycles. The molecule has 0 radical (unpaired) electrons. The highest BCUT2D eigenvalue weighted by molar-refractivity contribution is 5.72. The molecule has 0 spiro atoms. The Morgan fingerprint density at radius 2 is 2.12 bits per heavy atom. The summed E-state index contributed by atoms with van der Waals surface area (Å²) in [5.41, 5.74) is 6.09. The van der Waals surface area contributed by atoms with Crippen LogP contribution in [0, 0.1) is 5.92 Å². The third kappa shape index (κ3) is 3.41. The second-order valence-corrected chi connectivity index (χ2v) is 4.38. The van der Waals surface area contributed by atoms with Crippen molar-refractivity contribution in [3.63, 3.8) is 0 Å². The second-order valence-electron chi connectivity index (χ2n) is 4.38. The molecule has 1 heterocycles. The highest BCUT2D eigenvalue weighted by Gasteiger charge is 2.22. The van der Waals surface area contributed by atoms with Gasteiger partial charge in [0.25, 0.3) is 0 Å². The Labute approximate surface area is 100 Å². The smallest absolute Gasteiger partial charge is 0.309 e. The maximum absolute atomic E-state index is 11.8. The van der Waals surface area contributed by atoms with Gasteiger partial charge in [-0.3, -0.25) is 9.78 Å². The van der Waals surface area contributed by atoms with Gasteiger partial charge in [-0.2, -0.15) is 0 Å². The van der Waals surface area contributed by atoms with E-state index in [1.807, 2.05) is 0 Å². The van der Waals surface area contributed by atoms with Gasteiger partial charge in [-0.15, -0.1) is 0 Å². The molecule has 0 aromatic carbocycles. The predicted molar refractivity (Wildman–Crippen MR) is 62.8 cm³/mol. The molecule has 0 atom stereocenters. The van der Waals surface area contributed by atoms with E-state index in [1.165, 1.54) is 12.6 Å². The van der Waals surface area contributed by atoms with E-state index in [0.717, 1.165) is 25.7 Å². The Kier molecular flexibility index (Phi) is 3.90. The van der Waals surface area contributed by atoms with Gasteiger partial charge in [-0.25, -0.2) is 4.98 Å². The molecule has 1 fully saturated rings. The summed E-state index contributed by atoms with van der Waals surface area (Å²) in [6.07, 6.45) is 8.39. The van der Waals surface area contributed by atoms with Crippen LogP contribution < -0.4 is 5.73 Å². The first kappa shape index (κ1) is 11.8. The van der Waals surface area contributed by atoms with Crippen LogP contribution in [-0.2, 0) is 16.1 Å². The Morgan fingerprint density at radius 3 is 2.82 bits per heavy atom. The molecule has 5 heteroatoms. The third-order valence-electron chi connectivity index (χ3n) is 3.00. The molecule has 17 heavy (non-hydrogen) atoms. The summed E-state index contributed by atoms with van der Waals surface area (Å²) in [4.78, 5) is 19.7. The van der Waals surface area contributed by atoms with Gasteiger partial charge in [-0.1, -0.05) is 19.3 Å². The minimum Gasteiger partial charge on any atom is -0.459 e. The fourth-order valence-corrected chi connectivity index (χ4v) is 2.09. The number of hydrogen-bond acceptors (Lipinski definition) is 5. The third-order valence-corrected chi connectivity index (χ3v) is 3.00. The normalized spacial score (nSPS) is 16.7. The van der Waals surface area contributed by atoms with Crippen molar-refractivity contribution < 1.29 is 9.53 Å². The van der Waals surface area contributed by atoms with E-state index in [1.54, 1.807) is 6.20 Å². The quantitative estimate of drug-likeness (QED) is 0.806. The van der Waals surface area contributed by atoms with Crippen LogP contribution in [0.1, 0.15) is 37.8 Å². The van der Waals surface area contributed by atoms with Crippen LogP contribution in [-0.4, -0.2) is 15.9 Å². The SMILES string of the molecule is Nc1cncc(COC(=O)C2CCCCC2)n1. The highest BCUT2D eigenvalue weighted by Crippen LogP contribution is 2.24. The molecule has 0 bridgehead atoms. The zero-order valence-corrected chi connectivity index (χ0v) is 9.76. The van der Waals surface area contributed by atoms with Crippen LogP contribution in [0.5, 0.6) is 0 Å². The maximum Gasteiger partial charge on any atom is 0.309 e. The molecule has 1 aliphatic rings. The van der Waals surface area contributed by atoms with E-state index in [2.05, 4.69) is 9.97 Å². The number of hydrogen-bond donors (Lipinski definition) is 1. The Balaban J connectivity index is 1.83. The summed E-state index contributed by atoms with van der Waals surface area (Å²) in [6, 6.07) is 0. The number of anilines is 1. The Bertz CT molecular complexity index is 389. The first-order valence-corrected chi connectivity index (χ1v) is 5.99. The van der Waals surface area contributed by atoms with Gasteiger partial charge in [0.2, 0.25) is 0 Å². The van der Waals surface area contributed by atoms with Crippen LogP contribution in [0.15, 0.2) is 12.4 Å². The molecule has 0 saturated heterocycles. The highest BCUT2D eigenvalue weighted by atomic mass is 16.5. The van der Waals surface area contributed by atoms with Crippen molar-refractivity contribution in [1.82, 2.24) is 9.97 Å². The predicted octanol–water partition coefficient (Wildman–Crippen LogP) is 1.68. The molecular weight excluding hydrogens is 218 g/mol. The zero-order chi connectivity index (χ0) is 12.1. The number of aromatic nitrogens is 2. The van der Waals surface area contributed by atoms with Crippen molar-refractivity contribution >= 4 is 11.8 Å². The molecule has 2 rings (SSSR count). The van der Waals surface area contributed by atoms with Gasteiger partial charge < -0.3 is 10.5 Å². The van der Waals surface area contributed by atoms with E-state index >= 15 is 0 Å². The molecule has 92 valence electrons. The van der Waals surface area contributed by atoms with Gasteiger partial charge in [0.05, 0.1) is 24.0 Å². The summed E-state index contributed by atoms with van der Waals surface area (Å²) in [6.45, 7) is 0.160. The average Bonchev–Trinajstić information content (AvgIpc) is 2.37. The summed E-state index contributed by atoms with van der Waals surface area (Å²) < 4.78 is 5.23. The number of carbonyl (C=O) groups is 1. The van der Waals surface area contributed by atoms with Crippen molar-refractivity contribution in [2.75, 3.05) is 5.73 Å². The van der Waals surface area contributed by atoms with Crippen LogP contribution in [0.25, 0.3) is 0 Å². The lowest BCUT2D eigenvalue weighted by atomic mass is 9.89. The topological polar surface area (TPSA) is 78.1 Å².